The molecule has 6 heteroatoms. The van der Waals surface area contributed by atoms with Gasteiger partial charge < -0.3 is 10.3 Å². The van der Waals surface area contributed by atoms with Crippen LogP contribution in [0.1, 0.15) is 37.4 Å². The van der Waals surface area contributed by atoms with Crippen molar-refractivity contribution in [3.05, 3.63) is 29.0 Å². The molecule has 0 fully saturated rings. The number of fused-ring (bicyclic) bond motifs is 1. The number of aryl methyl sites for hydroxylation is 1. The van der Waals surface area contributed by atoms with Crippen LogP contribution in [0.5, 0.6) is 0 Å². The zero-order valence-corrected chi connectivity index (χ0v) is 12.8. The van der Waals surface area contributed by atoms with Crippen LogP contribution < -0.4 is 5.73 Å². The highest BCUT2D eigenvalue weighted by Gasteiger charge is 2.14. The van der Waals surface area contributed by atoms with E-state index in [1.165, 1.54) is 0 Å². The van der Waals surface area contributed by atoms with Crippen molar-refractivity contribution >= 4 is 40.1 Å². The summed E-state index contributed by atoms with van der Waals surface area (Å²) in [6, 6.07) is 5.60. The average molecular weight is 314 g/mol. The van der Waals surface area contributed by atoms with Gasteiger partial charge in [0.05, 0.1) is 16.4 Å². The molecular weight excluding hydrogens is 297 g/mol. The van der Waals surface area contributed by atoms with E-state index in [0.29, 0.717) is 11.4 Å². The fourth-order valence-electron chi connectivity index (χ4n) is 2.22. The summed E-state index contributed by atoms with van der Waals surface area (Å²) >= 11 is 12.2. The topological polar surface area (TPSA) is 60.9 Å². The molecule has 0 aliphatic rings. The maximum absolute atomic E-state index is 10.8. The molecular formula is C14H17Cl2N3O. The number of carbonyl (C=O) groups excluding carboxylic acids is 1. The molecule has 1 amide bonds. The summed E-state index contributed by atoms with van der Waals surface area (Å²) in [5, 5.41) is 0.488. The number of nitrogens with two attached hydrogens (primary N) is 1. The summed E-state index contributed by atoms with van der Waals surface area (Å²) in [5.74, 6) is 0.553. The largest absolute Gasteiger partial charge is 0.370 e. The molecule has 0 bridgehead atoms. The van der Waals surface area contributed by atoms with Gasteiger partial charge in [0.2, 0.25) is 5.91 Å². The van der Waals surface area contributed by atoms with Crippen LogP contribution >= 0.6 is 23.2 Å². The van der Waals surface area contributed by atoms with Gasteiger partial charge in [-0.2, -0.15) is 0 Å². The average Bonchev–Trinajstić information content (AvgIpc) is 2.73. The predicted octanol–water partition coefficient (Wildman–Crippen LogP) is 3.65. The first-order valence-corrected chi connectivity index (χ1v) is 7.38. The van der Waals surface area contributed by atoms with Crippen LogP contribution in [-0.2, 0) is 11.3 Å². The maximum Gasteiger partial charge on any atom is 0.217 e. The van der Waals surface area contributed by atoms with Crippen molar-refractivity contribution in [2.75, 3.05) is 0 Å². The van der Waals surface area contributed by atoms with Crippen molar-refractivity contribution in [2.24, 2.45) is 5.73 Å². The van der Waals surface area contributed by atoms with Crippen molar-refractivity contribution in [3.8, 4) is 0 Å². The Balaban J connectivity index is 2.26. The maximum atomic E-state index is 10.8. The van der Waals surface area contributed by atoms with Crippen LogP contribution in [0, 0.1) is 0 Å². The van der Waals surface area contributed by atoms with Crippen molar-refractivity contribution in [1.82, 2.24) is 9.55 Å². The first-order chi connectivity index (χ1) is 9.49. The Bertz CT molecular complexity index is 622. The number of hydrogen-bond donors (Lipinski definition) is 1. The highest BCUT2D eigenvalue weighted by molar-refractivity contribution is 6.31. The fourth-order valence-corrected chi connectivity index (χ4v) is 2.56. The third-order valence-electron chi connectivity index (χ3n) is 3.15. The van der Waals surface area contributed by atoms with Gasteiger partial charge in [-0.05, 0) is 38.0 Å². The summed E-state index contributed by atoms with van der Waals surface area (Å²) in [6.07, 6.45) is 2.00. The number of benzene rings is 1. The van der Waals surface area contributed by atoms with Gasteiger partial charge in [-0.15, -0.1) is 11.6 Å². The van der Waals surface area contributed by atoms with Gasteiger partial charge in [0.1, 0.15) is 5.82 Å². The van der Waals surface area contributed by atoms with Crippen LogP contribution in [0.25, 0.3) is 11.0 Å². The molecule has 0 saturated heterocycles. The van der Waals surface area contributed by atoms with Crippen LogP contribution in [0.3, 0.4) is 0 Å². The normalized spacial score (nSPS) is 12.8. The standard InChI is InChI=1S/C14H17Cl2N3O/c1-9(15)14-18-11-6-5-10(16)8-12(11)19(14)7-3-2-4-13(17)20/h5-6,8-9H,2-4,7H2,1H3,(H2,17,20). The molecule has 2 rings (SSSR count). The first-order valence-electron chi connectivity index (χ1n) is 6.57. The first kappa shape index (κ1) is 15.1. The zero-order valence-electron chi connectivity index (χ0n) is 11.3. The number of amides is 1. The molecule has 0 aliphatic carbocycles. The molecule has 1 heterocycles. The Hall–Kier alpha value is -1.26. The Labute approximate surface area is 127 Å². The van der Waals surface area contributed by atoms with E-state index in [4.69, 9.17) is 28.9 Å². The quantitative estimate of drug-likeness (QED) is 0.653. The third-order valence-corrected chi connectivity index (χ3v) is 3.58. The Morgan fingerprint density at radius 2 is 2.20 bits per heavy atom. The number of nitrogens with zero attached hydrogens (tertiary/aromatic N) is 2. The molecule has 2 N–H and O–H groups in total. The SMILES string of the molecule is CC(Cl)c1nc2ccc(Cl)cc2n1CCCCC(N)=O. The second-order valence-electron chi connectivity index (χ2n) is 4.79. The van der Waals surface area contributed by atoms with Crippen molar-refractivity contribution in [1.29, 1.82) is 0 Å². The lowest BCUT2D eigenvalue weighted by molar-refractivity contribution is -0.118. The Morgan fingerprint density at radius 1 is 1.45 bits per heavy atom. The summed E-state index contributed by atoms with van der Waals surface area (Å²) in [5.41, 5.74) is 7.00. The van der Waals surface area contributed by atoms with Gasteiger partial charge in [0, 0.05) is 18.0 Å². The van der Waals surface area contributed by atoms with Crippen LogP contribution in [0.15, 0.2) is 18.2 Å². The van der Waals surface area contributed by atoms with Crippen LogP contribution in [0.2, 0.25) is 5.02 Å². The van der Waals surface area contributed by atoms with E-state index in [1.807, 2.05) is 25.1 Å². The van der Waals surface area contributed by atoms with Crippen LogP contribution in [0.4, 0.5) is 0 Å². The number of carbonyl (C=O) groups is 1. The summed E-state index contributed by atoms with van der Waals surface area (Å²) in [6.45, 7) is 2.64. The number of unbranched alkanes of at least 4 members (excludes halogenated alkanes) is 1. The Kier molecular flexibility index (Phi) is 4.89. The number of imidazole rings is 1. The van der Waals surface area contributed by atoms with E-state index < -0.39 is 0 Å². The minimum atomic E-state index is -0.269. The number of rotatable bonds is 6. The van der Waals surface area contributed by atoms with Crippen molar-refractivity contribution in [2.45, 2.75) is 38.1 Å². The molecule has 1 atom stereocenters. The summed E-state index contributed by atoms with van der Waals surface area (Å²) in [7, 11) is 0. The molecule has 0 radical (unpaired) electrons. The minimum absolute atomic E-state index is 0.183. The molecule has 0 saturated carbocycles. The van der Waals surface area contributed by atoms with Crippen LogP contribution in [-0.4, -0.2) is 15.5 Å². The summed E-state index contributed by atoms with van der Waals surface area (Å²) < 4.78 is 2.07. The second kappa shape index (κ2) is 6.46. The molecule has 0 aliphatic heterocycles. The molecule has 4 nitrogen and oxygen atoms in total. The van der Waals surface area contributed by atoms with E-state index in [9.17, 15) is 4.79 Å². The molecule has 108 valence electrons. The smallest absolute Gasteiger partial charge is 0.217 e. The lowest BCUT2D eigenvalue weighted by Gasteiger charge is -2.10. The fraction of sp³-hybridized carbons (Fsp3) is 0.429. The highest BCUT2D eigenvalue weighted by atomic mass is 35.5. The molecule has 2 aromatic rings. The van der Waals surface area contributed by atoms with E-state index >= 15 is 0 Å². The van der Waals surface area contributed by atoms with Gasteiger partial charge in [0.15, 0.2) is 0 Å². The van der Waals surface area contributed by atoms with Crippen molar-refractivity contribution < 1.29 is 4.79 Å². The highest BCUT2D eigenvalue weighted by Crippen LogP contribution is 2.27. The summed E-state index contributed by atoms with van der Waals surface area (Å²) in [4.78, 5) is 15.3. The van der Waals surface area contributed by atoms with E-state index in [-0.39, 0.29) is 11.3 Å². The molecule has 1 unspecified atom stereocenters. The van der Waals surface area contributed by atoms with Crippen molar-refractivity contribution in [3.63, 3.8) is 0 Å². The lowest BCUT2D eigenvalue weighted by atomic mass is 10.2. The van der Waals surface area contributed by atoms with Gasteiger partial charge >= 0.3 is 0 Å². The van der Waals surface area contributed by atoms with Gasteiger partial charge in [-0.3, -0.25) is 4.79 Å². The Morgan fingerprint density at radius 3 is 2.85 bits per heavy atom. The number of primary amides is 1. The second-order valence-corrected chi connectivity index (χ2v) is 5.89. The predicted molar refractivity (Wildman–Crippen MR) is 82.1 cm³/mol. The zero-order chi connectivity index (χ0) is 14.7. The monoisotopic (exact) mass is 313 g/mol. The van der Waals surface area contributed by atoms with E-state index in [2.05, 4.69) is 9.55 Å². The molecule has 0 spiro atoms. The van der Waals surface area contributed by atoms with E-state index in [1.54, 1.807) is 0 Å². The molecule has 20 heavy (non-hydrogen) atoms. The van der Waals surface area contributed by atoms with Gasteiger partial charge in [-0.25, -0.2) is 4.98 Å². The van der Waals surface area contributed by atoms with E-state index in [0.717, 1.165) is 36.2 Å². The van der Waals surface area contributed by atoms with Gasteiger partial charge in [0.25, 0.3) is 0 Å². The molecule has 1 aromatic heterocycles. The third kappa shape index (κ3) is 3.44. The lowest BCUT2D eigenvalue weighted by Crippen LogP contribution is -2.11. The number of alkyl halides is 1. The molecule has 1 aromatic carbocycles. The minimum Gasteiger partial charge on any atom is -0.370 e. The number of aromatic nitrogens is 2. The number of hydrogen-bond acceptors (Lipinski definition) is 2. The number of halogens is 2. The van der Waals surface area contributed by atoms with Gasteiger partial charge in [-0.1, -0.05) is 11.6 Å².